The number of ether oxygens (including phenoxy) is 1. The van der Waals surface area contributed by atoms with Gasteiger partial charge < -0.3 is 25.4 Å². The van der Waals surface area contributed by atoms with Gasteiger partial charge in [-0.15, -0.1) is 0 Å². The fraction of sp³-hybridized carbons (Fsp3) is 0.235. The van der Waals surface area contributed by atoms with E-state index in [9.17, 15) is 14.7 Å². The Morgan fingerprint density at radius 3 is 2.38 bits per heavy atom. The molecule has 1 atom stereocenters. The molecule has 26 heavy (non-hydrogen) atoms. The number of hydrogen-bond donors (Lipinski definition) is 4. The van der Waals surface area contributed by atoms with E-state index < -0.39 is 18.0 Å². The quantitative estimate of drug-likeness (QED) is 0.480. The molecule has 9 heteroatoms. The molecule has 0 spiro atoms. The summed E-state index contributed by atoms with van der Waals surface area (Å²) >= 11 is 1.42. The summed E-state index contributed by atoms with van der Waals surface area (Å²) in [6.45, 7) is 1.50. The normalized spacial score (nSPS) is 11.4. The fourth-order valence-electron chi connectivity index (χ4n) is 1.63. The van der Waals surface area contributed by atoms with Crippen LogP contribution in [0, 0.1) is 0 Å². The maximum Gasteiger partial charge on any atom is 0.328 e. The number of aliphatic carboxylic acids is 2. The van der Waals surface area contributed by atoms with Crippen molar-refractivity contribution in [3.63, 3.8) is 0 Å². The number of benzene rings is 1. The number of aromatic nitrogens is 1. The number of aliphatic hydroxyl groups excluding tert-OH is 1. The Morgan fingerprint density at radius 1 is 1.19 bits per heavy atom. The Hall–Kier alpha value is -2.75. The highest BCUT2D eigenvalue weighted by molar-refractivity contribution is 7.11. The molecule has 1 aromatic heterocycles. The molecule has 0 aliphatic carbocycles. The number of aliphatic hydroxyl groups is 1. The number of carboxylic acids is 2. The number of rotatable bonds is 9. The van der Waals surface area contributed by atoms with E-state index >= 15 is 0 Å². The van der Waals surface area contributed by atoms with E-state index in [1.165, 1.54) is 16.9 Å². The number of nitrogens with one attached hydrogen (secondary N) is 1. The van der Waals surface area contributed by atoms with E-state index in [-0.39, 0.29) is 6.61 Å². The van der Waals surface area contributed by atoms with Crippen LogP contribution in [0.2, 0.25) is 0 Å². The molecule has 1 unspecified atom stereocenters. The van der Waals surface area contributed by atoms with Gasteiger partial charge in [0.05, 0.1) is 0 Å². The van der Waals surface area contributed by atoms with Crippen LogP contribution >= 0.6 is 11.3 Å². The third-order valence-corrected chi connectivity index (χ3v) is 3.41. The Morgan fingerprint density at radius 2 is 1.85 bits per heavy atom. The molecule has 0 radical (unpaired) electrons. The lowest BCUT2D eigenvalue weighted by atomic mass is 10.2. The second-order valence-corrected chi connectivity index (χ2v) is 5.75. The van der Waals surface area contributed by atoms with Crippen LogP contribution in [0.3, 0.4) is 0 Å². The van der Waals surface area contributed by atoms with Crippen LogP contribution in [-0.4, -0.2) is 51.5 Å². The zero-order valence-corrected chi connectivity index (χ0v) is 14.6. The highest BCUT2D eigenvalue weighted by Gasteiger charge is 2.05. The highest BCUT2D eigenvalue weighted by atomic mass is 32.1. The fourth-order valence-corrected chi connectivity index (χ4v) is 2.13. The number of thiazole rings is 1. The molecule has 0 saturated carbocycles. The average Bonchev–Trinajstić information content (AvgIpc) is 3.13. The van der Waals surface area contributed by atoms with Gasteiger partial charge in [-0.2, -0.15) is 0 Å². The lowest BCUT2D eigenvalue weighted by Crippen LogP contribution is -2.31. The van der Waals surface area contributed by atoms with Crippen LogP contribution in [0.5, 0.6) is 5.19 Å². The summed E-state index contributed by atoms with van der Waals surface area (Å²) in [4.78, 5) is 23.1. The third kappa shape index (κ3) is 10.9. The highest BCUT2D eigenvalue weighted by Crippen LogP contribution is 2.13. The predicted molar refractivity (Wildman–Crippen MR) is 96.2 cm³/mol. The van der Waals surface area contributed by atoms with Gasteiger partial charge in [-0.3, -0.25) is 0 Å². The SMILES string of the molecule is O=C(O)/C=C\C(=O)O.OC(CNCc1ccccc1)COc1nccs1. The molecular weight excluding hydrogens is 360 g/mol. The van der Waals surface area contributed by atoms with Crippen molar-refractivity contribution in [3.8, 4) is 5.19 Å². The van der Waals surface area contributed by atoms with Crippen molar-refractivity contribution in [2.24, 2.45) is 0 Å². The zero-order valence-electron chi connectivity index (χ0n) is 13.8. The van der Waals surface area contributed by atoms with Crippen molar-refractivity contribution >= 4 is 23.3 Å². The topological polar surface area (TPSA) is 129 Å². The van der Waals surface area contributed by atoms with Crippen LogP contribution in [0.1, 0.15) is 5.56 Å². The summed E-state index contributed by atoms with van der Waals surface area (Å²) in [6, 6.07) is 10.1. The van der Waals surface area contributed by atoms with Gasteiger partial charge in [0.2, 0.25) is 0 Å². The summed E-state index contributed by atoms with van der Waals surface area (Å²) in [5.41, 5.74) is 1.20. The maximum absolute atomic E-state index is 9.72. The molecule has 1 heterocycles. The van der Waals surface area contributed by atoms with Crippen molar-refractivity contribution in [2.75, 3.05) is 13.2 Å². The second-order valence-electron chi connectivity index (χ2n) is 4.89. The first-order valence-electron chi connectivity index (χ1n) is 7.56. The Kier molecular flexibility index (Phi) is 10.3. The minimum absolute atomic E-state index is 0.259. The minimum atomic E-state index is -1.26. The summed E-state index contributed by atoms with van der Waals surface area (Å²) in [6.07, 6.45) is 2.27. The first kappa shape index (κ1) is 21.3. The molecule has 4 N–H and O–H groups in total. The maximum atomic E-state index is 9.72. The second kappa shape index (κ2) is 12.6. The molecule has 2 rings (SSSR count). The lowest BCUT2D eigenvalue weighted by Gasteiger charge is -2.11. The molecule has 0 amide bonds. The van der Waals surface area contributed by atoms with E-state index in [0.717, 1.165) is 6.54 Å². The zero-order chi connectivity index (χ0) is 19.2. The number of carboxylic acid groups (broad SMARTS) is 2. The van der Waals surface area contributed by atoms with Crippen LogP contribution < -0.4 is 10.1 Å². The Bertz CT molecular complexity index is 660. The van der Waals surface area contributed by atoms with Crippen molar-refractivity contribution in [3.05, 3.63) is 59.6 Å². The van der Waals surface area contributed by atoms with Gasteiger partial charge in [-0.1, -0.05) is 41.7 Å². The summed E-state index contributed by atoms with van der Waals surface area (Å²) in [5.74, 6) is -2.51. The van der Waals surface area contributed by atoms with Crippen molar-refractivity contribution in [1.82, 2.24) is 10.3 Å². The van der Waals surface area contributed by atoms with E-state index in [1.54, 1.807) is 6.20 Å². The van der Waals surface area contributed by atoms with E-state index in [2.05, 4.69) is 10.3 Å². The molecule has 0 bridgehead atoms. The van der Waals surface area contributed by atoms with Crippen LogP contribution in [0.25, 0.3) is 0 Å². The predicted octanol–water partition coefficient (Wildman–Crippen LogP) is 1.38. The molecule has 8 nitrogen and oxygen atoms in total. The molecule has 2 aromatic rings. The molecule has 1 aromatic carbocycles. The van der Waals surface area contributed by atoms with Crippen molar-refractivity contribution < 1.29 is 29.6 Å². The van der Waals surface area contributed by atoms with E-state index in [4.69, 9.17) is 14.9 Å². The molecular formula is C17H20N2O6S. The van der Waals surface area contributed by atoms with Crippen LogP contribution in [0.4, 0.5) is 0 Å². The van der Waals surface area contributed by atoms with Gasteiger partial charge in [0, 0.05) is 36.8 Å². The lowest BCUT2D eigenvalue weighted by molar-refractivity contribution is -0.134. The average molecular weight is 380 g/mol. The summed E-state index contributed by atoms with van der Waals surface area (Å²) in [5, 5.41) is 31.0. The van der Waals surface area contributed by atoms with Crippen LogP contribution in [0.15, 0.2) is 54.1 Å². The van der Waals surface area contributed by atoms with Gasteiger partial charge in [0.1, 0.15) is 12.7 Å². The van der Waals surface area contributed by atoms with Gasteiger partial charge in [-0.25, -0.2) is 14.6 Å². The Balaban J connectivity index is 0.000000359. The first-order chi connectivity index (χ1) is 12.5. The number of hydrogen-bond acceptors (Lipinski definition) is 7. The van der Waals surface area contributed by atoms with Gasteiger partial charge in [0.25, 0.3) is 5.19 Å². The van der Waals surface area contributed by atoms with Crippen LogP contribution in [-0.2, 0) is 16.1 Å². The monoisotopic (exact) mass is 380 g/mol. The van der Waals surface area contributed by atoms with E-state index in [0.29, 0.717) is 23.9 Å². The van der Waals surface area contributed by atoms with Gasteiger partial charge in [-0.05, 0) is 5.56 Å². The smallest absolute Gasteiger partial charge is 0.328 e. The molecule has 0 saturated heterocycles. The number of nitrogens with zero attached hydrogens (tertiary/aromatic N) is 1. The minimum Gasteiger partial charge on any atom is -0.478 e. The molecule has 0 aliphatic heterocycles. The molecule has 140 valence electrons. The summed E-state index contributed by atoms with van der Waals surface area (Å²) < 4.78 is 5.33. The van der Waals surface area contributed by atoms with Crippen molar-refractivity contribution in [1.29, 1.82) is 0 Å². The van der Waals surface area contributed by atoms with Gasteiger partial charge >= 0.3 is 11.9 Å². The standard InChI is InChI=1S/C13H16N2O2S.C4H4O4/c16-12(10-17-13-15-6-7-18-13)9-14-8-11-4-2-1-3-5-11;5-3(6)1-2-4(7)8/h1-7,12,14,16H,8-10H2;1-2H,(H,5,6)(H,7,8)/b;2-1-. The van der Waals surface area contributed by atoms with E-state index in [1.807, 2.05) is 35.7 Å². The largest absolute Gasteiger partial charge is 0.478 e. The first-order valence-corrected chi connectivity index (χ1v) is 8.44. The third-order valence-electron chi connectivity index (χ3n) is 2.73. The summed E-state index contributed by atoms with van der Waals surface area (Å²) in [7, 11) is 0. The Labute approximate surface area is 154 Å². The number of carbonyl (C=O) groups is 2. The van der Waals surface area contributed by atoms with Gasteiger partial charge in [0.15, 0.2) is 0 Å². The van der Waals surface area contributed by atoms with Crippen molar-refractivity contribution in [2.45, 2.75) is 12.6 Å². The molecule has 0 fully saturated rings. The molecule has 0 aliphatic rings.